The normalized spacial score (nSPS) is 19.8. The lowest BCUT2D eigenvalue weighted by Crippen LogP contribution is -2.43. The summed E-state index contributed by atoms with van der Waals surface area (Å²) in [6.45, 7) is 7.80. The van der Waals surface area contributed by atoms with Crippen LogP contribution in [0.25, 0.3) is 0 Å². The Morgan fingerprint density at radius 1 is 1.16 bits per heavy atom. The molecule has 1 aromatic heterocycles. The zero-order valence-corrected chi connectivity index (χ0v) is 19.3. The molecular formula is C26H36N4O2. The predicted molar refractivity (Wildman–Crippen MR) is 125 cm³/mol. The number of ether oxygens (including phenoxy) is 1. The molecule has 0 N–H and O–H groups in total. The molecule has 0 saturated carbocycles. The van der Waals surface area contributed by atoms with Gasteiger partial charge < -0.3 is 9.64 Å². The minimum Gasteiger partial charge on any atom is -0.376 e. The summed E-state index contributed by atoms with van der Waals surface area (Å²) in [6, 6.07) is 8.66. The molecule has 2 aromatic rings. The number of aromatic nitrogens is 2. The second kappa shape index (κ2) is 11.5. The van der Waals surface area contributed by atoms with E-state index in [2.05, 4.69) is 51.0 Å². The first-order chi connectivity index (χ1) is 15.7. The number of hydrogen-bond donors (Lipinski definition) is 0. The maximum absolute atomic E-state index is 13.1. The quantitative estimate of drug-likeness (QED) is 0.601. The van der Waals surface area contributed by atoms with Gasteiger partial charge in [-0.3, -0.25) is 19.7 Å². The standard InChI is InChI=1S/C26H36N4O2/c1-21-5-2-3-6-23(21)19-29-14-10-22(11-15-29)18-30(20-25-7-4-16-32-25)26(31)9-8-24-17-27-12-13-28-24/h2-3,5-6,12-13,17,22,25H,4,7-11,14-16,18-20H2,1H3. The van der Waals surface area contributed by atoms with E-state index in [0.29, 0.717) is 18.8 Å². The zero-order chi connectivity index (χ0) is 22.2. The van der Waals surface area contributed by atoms with E-state index in [0.717, 1.165) is 70.7 Å². The lowest BCUT2D eigenvalue weighted by atomic mass is 9.95. The number of amides is 1. The third kappa shape index (κ3) is 6.59. The molecule has 2 fully saturated rings. The average molecular weight is 437 g/mol. The van der Waals surface area contributed by atoms with Crippen molar-refractivity contribution in [1.29, 1.82) is 0 Å². The topological polar surface area (TPSA) is 58.6 Å². The Hall–Kier alpha value is -2.31. The van der Waals surface area contributed by atoms with E-state index >= 15 is 0 Å². The number of piperidine rings is 1. The molecule has 1 atom stereocenters. The van der Waals surface area contributed by atoms with E-state index in [9.17, 15) is 4.79 Å². The van der Waals surface area contributed by atoms with Gasteiger partial charge in [0.05, 0.1) is 11.8 Å². The van der Waals surface area contributed by atoms with Crippen LogP contribution in [0.3, 0.4) is 0 Å². The van der Waals surface area contributed by atoms with E-state index in [1.807, 2.05) is 0 Å². The lowest BCUT2D eigenvalue weighted by Gasteiger charge is -2.36. The molecule has 6 heteroatoms. The first-order valence-electron chi connectivity index (χ1n) is 12.1. The molecule has 32 heavy (non-hydrogen) atoms. The monoisotopic (exact) mass is 436 g/mol. The molecule has 6 nitrogen and oxygen atoms in total. The van der Waals surface area contributed by atoms with Crippen LogP contribution >= 0.6 is 0 Å². The molecule has 3 heterocycles. The number of hydrogen-bond acceptors (Lipinski definition) is 5. The Kier molecular flexibility index (Phi) is 8.24. The van der Waals surface area contributed by atoms with Crippen molar-refractivity contribution in [1.82, 2.24) is 19.8 Å². The van der Waals surface area contributed by atoms with E-state index in [-0.39, 0.29) is 12.0 Å². The molecule has 0 bridgehead atoms. The van der Waals surface area contributed by atoms with Crippen molar-refractivity contribution in [3.8, 4) is 0 Å². The van der Waals surface area contributed by atoms with Crippen molar-refractivity contribution in [3.05, 3.63) is 59.7 Å². The zero-order valence-electron chi connectivity index (χ0n) is 19.3. The largest absolute Gasteiger partial charge is 0.376 e. The van der Waals surface area contributed by atoms with Crippen LogP contribution < -0.4 is 0 Å². The molecule has 1 aromatic carbocycles. The van der Waals surface area contributed by atoms with Crippen LogP contribution in [-0.2, 0) is 22.5 Å². The number of likely N-dealkylation sites (tertiary alicyclic amines) is 1. The molecule has 0 aliphatic carbocycles. The summed E-state index contributed by atoms with van der Waals surface area (Å²) in [4.78, 5) is 26.2. The Morgan fingerprint density at radius 2 is 2.00 bits per heavy atom. The van der Waals surface area contributed by atoms with Crippen molar-refractivity contribution in [3.63, 3.8) is 0 Å². The summed E-state index contributed by atoms with van der Waals surface area (Å²) in [5.74, 6) is 0.776. The van der Waals surface area contributed by atoms with Gasteiger partial charge in [-0.1, -0.05) is 24.3 Å². The number of nitrogens with zero attached hydrogens (tertiary/aromatic N) is 4. The number of carbonyl (C=O) groups is 1. The second-order valence-electron chi connectivity index (χ2n) is 9.28. The van der Waals surface area contributed by atoms with Crippen LogP contribution in [0.4, 0.5) is 0 Å². The lowest BCUT2D eigenvalue weighted by molar-refractivity contribution is -0.133. The number of aryl methyl sites for hydroxylation is 2. The highest BCUT2D eigenvalue weighted by Crippen LogP contribution is 2.23. The van der Waals surface area contributed by atoms with Crippen molar-refractivity contribution < 1.29 is 9.53 Å². The van der Waals surface area contributed by atoms with Crippen LogP contribution in [0, 0.1) is 12.8 Å². The van der Waals surface area contributed by atoms with Gasteiger partial charge in [-0.05, 0) is 69.2 Å². The first kappa shape index (κ1) is 22.9. The fraction of sp³-hybridized carbons (Fsp3) is 0.577. The van der Waals surface area contributed by atoms with E-state index < -0.39 is 0 Å². The summed E-state index contributed by atoms with van der Waals surface area (Å²) in [6.07, 6.45) is 10.9. The molecule has 0 radical (unpaired) electrons. The van der Waals surface area contributed by atoms with Gasteiger partial charge in [0, 0.05) is 51.3 Å². The predicted octanol–water partition coefficient (Wildman–Crippen LogP) is 3.64. The Bertz CT molecular complexity index is 846. The maximum atomic E-state index is 13.1. The van der Waals surface area contributed by atoms with Crippen LogP contribution in [-0.4, -0.2) is 64.6 Å². The van der Waals surface area contributed by atoms with Gasteiger partial charge in [0.25, 0.3) is 0 Å². The van der Waals surface area contributed by atoms with Gasteiger partial charge >= 0.3 is 0 Å². The number of carbonyl (C=O) groups excluding carboxylic acids is 1. The molecule has 2 aliphatic rings. The summed E-state index contributed by atoms with van der Waals surface area (Å²) >= 11 is 0. The SMILES string of the molecule is Cc1ccccc1CN1CCC(CN(CC2CCCO2)C(=O)CCc2cnccn2)CC1. The maximum Gasteiger partial charge on any atom is 0.223 e. The van der Waals surface area contributed by atoms with Crippen molar-refractivity contribution in [2.24, 2.45) is 5.92 Å². The summed E-state index contributed by atoms with van der Waals surface area (Å²) < 4.78 is 5.86. The molecule has 4 rings (SSSR count). The Labute approximate surface area is 192 Å². The van der Waals surface area contributed by atoms with Gasteiger partial charge in [0.15, 0.2) is 0 Å². The van der Waals surface area contributed by atoms with Gasteiger partial charge in [-0.2, -0.15) is 0 Å². The molecule has 2 aliphatic heterocycles. The summed E-state index contributed by atoms with van der Waals surface area (Å²) in [7, 11) is 0. The second-order valence-corrected chi connectivity index (χ2v) is 9.28. The van der Waals surface area contributed by atoms with Gasteiger partial charge in [0.2, 0.25) is 5.91 Å². The fourth-order valence-electron chi connectivity index (χ4n) is 4.83. The van der Waals surface area contributed by atoms with Crippen molar-refractivity contribution in [2.45, 2.75) is 58.1 Å². The van der Waals surface area contributed by atoms with Gasteiger partial charge in [0.1, 0.15) is 0 Å². The highest BCUT2D eigenvalue weighted by molar-refractivity contribution is 5.76. The van der Waals surface area contributed by atoms with Gasteiger partial charge in [-0.25, -0.2) is 0 Å². The Balaban J connectivity index is 1.29. The summed E-state index contributed by atoms with van der Waals surface area (Å²) in [5.41, 5.74) is 3.67. The van der Waals surface area contributed by atoms with E-state index in [4.69, 9.17) is 4.74 Å². The molecule has 172 valence electrons. The minimum absolute atomic E-state index is 0.191. The highest BCUT2D eigenvalue weighted by Gasteiger charge is 2.27. The summed E-state index contributed by atoms with van der Waals surface area (Å²) in [5, 5.41) is 0. The van der Waals surface area contributed by atoms with E-state index in [1.165, 1.54) is 11.1 Å². The average Bonchev–Trinajstić information content (AvgIpc) is 3.34. The van der Waals surface area contributed by atoms with Gasteiger partial charge in [-0.15, -0.1) is 0 Å². The first-order valence-corrected chi connectivity index (χ1v) is 12.1. The van der Waals surface area contributed by atoms with Crippen LogP contribution in [0.1, 0.15) is 48.9 Å². The fourth-order valence-corrected chi connectivity index (χ4v) is 4.83. The number of rotatable bonds is 9. The van der Waals surface area contributed by atoms with Crippen LogP contribution in [0.15, 0.2) is 42.9 Å². The third-order valence-electron chi connectivity index (χ3n) is 6.85. The molecule has 2 saturated heterocycles. The van der Waals surface area contributed by atoms with E-state index in [1.54, 1.807) is 18.6 Å². The van der Waals surface area contributed by atoms with Crippen LogP contribution in [0.2, 0.25) is 0 Å². The highest BCUT2D eigenvalue weighted by atomic mass is 16.5. The van der Waals surface area contributed by atoms with Crippen molar-refractivity contribution >= 4 is 5.91 Å². The number of benzene rings is 1. The molecule has 0 spiro atoms. The van der Waals surface area contributed by atoms with Crippen LogP contribution in [0.5, 0.6) is 0 Å². The third-order valence-corrected chi connectivity index (χ3v) is 6.85. The molecule has 1 unspecified atom stereocenters. The molecule has 1 amide bonds. The smallest absolute Gasteiger partial charge is 0.223 e. The Morgan fingerprint density at radius 3 is 2.72 bits per heavy atom. The minimum atomic E-state index is 0.191. The van der Waals surface area contributed by atoms with Crippen molar-refractivity contribution in [2.75, 3.05) is 32.8 Å². The molecular weight excluding hydrogens is 400 g/mol.